The van der Waals surface area contributed by atoms with E-state index >= 15 is 0 Å². The molecule has 16 heavy (non-hydrogen) atoms. The Morgan fingerprint density at radius 3 is 2.38 bits per heavy atom. The van der Waals surface area contributed by atoms with Crippen LogP contribution in [0.3, 0.4) is 0 Å². The average molecular weight is 427 g/mol. The van der Waals surface area contributed by atoms with Gasteiger partial charge in [-0.1, -0.05) is 0 Å². The summed E-state index contributed by atoms with van der Waals surface area (Å²) in [7, 11) is 6.73. The number of nitrogens with one attached hydrogen (secondary N) is 1. The van der Waals surface area contributed by atoms with Crippen LogP contribution in [-0.4, -0.2) is 19.7 Å². The summed E-state index contributed by atoms with van der Waals surface area (Å²) in [6.07, 6.45) is 0. The van der Waals surface area contributed by atoms with E-state index in [9.17, 15) is 0 Å². The first-order valence-corrected chi connectivity index (χ1v) is 15.4. The number of benzene rings is 2. The van der Waals surface area contributed by atoms with Crippen LogP contribution in [0, 0.1) is 0 Å². The van der Waals surface area contributed by atoms with Crippen molar-refractivity contribution in [3.05, 3.63) is 48.5 Å². The summed E-state index contributed by atoms with van der Waals surface area (Å²) >= 11 is -2.80. The number of halogens is 1. The molecule has 3 heteroatoms. The molecule has 1 atom stereocenters. The SMILES string of the molecule is [CH3][Po]1([Cl])[NH]c2ccccc2-c2cccc[c]21. The zero-order valence-corrected chi connectivity index (χ0v) is 12.8. The van der Waals surface area contributed by atoms with Gasteiger partial charge in [-0.3, -0.25) is 0 Å². The third-order valence-corrected chi connectivity index (χ3v) is 11.9. The zero-order valence-electron chi connectivity index (χ0n) is 8.91. The molecule has 0 aliphatic carbocycles. The van der Waals surface area contributed by atoms with E-state index in [0.717, 1.165) is 0 Å². The normalized spacial score (nSPS) is 25.9. The Hall–Kier alpha value is -0.574. The number of rotatable bonds is 0. The summed E-state index contributed by atoms with van der Waals surface area (Å²) in [5, 5.41) is 0. The number of hydrogen-bond donors (Lipinski definition) is 1. The summed E-state index contributed by atoms with van der Waals surface area (Å²) in [5.41, 5.74) is 3.77. The van der Waals surface area contributed by atoms with Crippen molar-refractivity contribution >= 4 is 37.0 Å². The van der Waals surface area contributed by atoms with Crippen LogP contribution in [0.5, 0.6) is 0 Å². The molecule has 0 aromatic heterocycles. The van der Waals surface area contributed by atoms with Gasteiger partial charge in [-0.2, -0.15) is 0 Å². The van der Waals surface area contributed by atoms with Gasteiger partial charge in [0, 0.05) is 0 Å². The van der Waals surface area contributed by atoms with E-state index in [2.05, 4.69) is 56.3 Å². The second-order valence-electron chi connectivity index (χ2n) is 3.96. The van der Waals surface area contributed by atoms with Gasteiger partial charge in [0.15, 0.2) is 0 Å². The van der Waals surface area contributed by atoms with Crippen molar-refractivity contribution in [2.45, 2.75) is 4.58 Å². The monoisotopic (exact) mass is 426 g/mol. The van der Waals surface area contributed by atoms with E-state index in [1.165, 1.54) is 20.0 Å². The fourth-order valence-corrected chi connectivity index (χ4v) is 10.3. The molecule has 0 spiro atoms. The van der Waals surface area contributed by atoms with Gasteiger partial charge in [0.1, 0.15) is 0 Å². The van der Waals surface area contributed by atoms with Gasteiger partial charge < -0.3 is 0 Å². The van der Waals surface area contributed by atoms with Crippen molar-refractivity contribution in [2.24, 2.45) is 0 Å². The van der Waals surface area contributed by atoms with E-state index in [4.69, 9.17) is 8.45 Å². The summed E-state index contributed by atoms with van der Waals surface area (Å²) in [6, 6.07) is 16.9. The third kappa shape index (κ3) is 1.56. The molecule has 2 aromatic rings. The maximum absolute atomic E-state index is 6.73. The Balaban J connectivity index is 2.33. The average Bonchev–Trinajstić information content (AvgIpc) is 2.29. The molecule has 0 saturated carbocycles. The third-order valence-electron chi connectivity index (χ3n) is 2.82. The van der Waals surface area contributed by atoms with Gasteiger partial charge in [0.2, 0.25) is 0 Å². The van der Waals surface area contributed by atoms with Crippen LogP contribution >= 0.6 is 8.45 Å². The van der Waals surface area contributed by atoms with E-state index in [0.29, 0.717) is 0 Å². The van der Waals surface area contributed by atoms with Gasteiger partial charge in [0.25, 0.3) is 0 Å². The van der Waals surface area contributed by atoms with Crippen molar-refractivity contribution in [3.8, 4) is 11.1 Å². The van der Waals surface area contributed by atoms with E-state index in [-0.39, 0.29) is 0 Å². The Labute approximate surface area is 104 Å². The Morgan fingerprint density at radius 2 is 1.56 bits per heavy atom. The molecule has 0 radical (unpaired) electrons. The second kappa shape index (κ2) is 3.72. The molecule has 1 N–H and O–H groups in total. The molecular weight excluding hydrogens is 415 g/mol. The van der Waals surface area contributed by atoms with Crippen LogP contribution in [-0.2, 0) is 0 Å². The first-order valence-electron chi connectivity index (χ1n) is 5.13. The topological polar surface area (TPSA) is 12.0 Å². The van der Waals surface area contributed by atoms with Crippen LogP contribution in [0.2, 0.25) is 4.58 Å². The predicted molar refractivity (Wildman–Crippen MR) is 72.6 cm³/mol. The van der Waals surface area contributed by atoms with Gasteiger partial charge in [0.05, 0.1) is 0 Å². The van der Waals surface area contributed by atoms with Crippen LogP contribution in [0.1, 0.15) is 0 Å². The molecule has 0 fully saturated rings. The quantitative estimate of drug-likeness (QED) is 0.682. The van der Waals surface area contributed by atoms with E-state index in [1.54, 1.807) is 0 Å². The number of anilines is 1. The van der Waals surface area contributed by atoms with Crippen molar-refractivity contribution in [2.75, 3.05) is 3.22 Å². The Morgan fingerprint density at radius 1 is 0.938 bits per heavy atom. The van der Waals surface area contributed by atoms with Gasteiger partial charge in [-0.05, 0) is 0 Å². The molecule has 1 heterocycles. The van der Waals surface area contributed by atoms with Crippen molar-refractivity contribution < 1.29 is 0 Å². The standard InChI is InChI=1S/C12H9N.CH3.ClH.Po/c13-12-9-5-4-8-11(12)10-6-2-1-3-7-10;;;/h1-6,8-9,13H;1H3;1H;/q-1;;;+2/p-1. The molecule has 3 rings (SSSR count). The summed E-state index contributed by atoms with van der Waals surface area (Å²) < 4.78 is 7.11. The molecule has 1 aliphatic heterocycles. The second-order valence-corrected chi connectivity index (χ2v) is 18.2. The van der Waals surface area contributed by atoms with Crippen molar-refractivity contribution in [1.29, 1.82) is 0 Å². The van der Waals surface area contributed by atoms with Crippen molar-refractivity contribution in [1.82, 2.24) is 0 Å². The van der Waals surface area contributed by atoms with Crippen LogP contribution in [0.25, 0.3) is 11.1 Å². The van der Waals surface area contributed by atoms with Crippen molar-refractivity contribution in [3.63, 3.8) is 0 Å². The van der Waals surface area contributed by atoms with Gasteiger partial charge in [-0.25, -0.2) is 0 Å². The number of hydrogen-bond acceptors (Lipinski definition) is 1. The number of fused-ring (bicyclic) bond motifs is 3. The predicted octanol–water partition coefficient (Wildman–Crippen LogP) is 3.30. The molecule has 0 saturated heterocycles. The zero-order chi connectivity index (χ0) is 11.2. The van der Waals surface area contributed by atoms with Crippen LogP contribution < -0.4 is 6.44 Å². The minimum atomic E-state index is -2.80. The van der Waals surface area contributed by atoms with Gasteiger partial charge in [-0.15, -0.1) is 0 Å². The van der Waals surface area contributed by atoms with Gasteiger partial charge >= 0.3 is 104 Å². The molecule has 0 bridgehead atoms. The maximum atomic E-state index is 6.73. The van der Waals surface area contributed by atoms with E-state index < -0.39 is 19.7 Å². The molecule has 2 aromatic carbocycles. The summed E-state index contributed by atoms with van der Waals surface area (Å²) in [4.78, 5) is 0. The summed E-state index contributed by atoms with van der Waals surface area (Å²) in [5.74, 6) is 0. The van der Waals surface area contributed by atoms with Crippen LogP contribution in [0.4, 0.5) is 5.69 Å². The molecule has 1 unspecified atom stereocenters. The number of para-hydroxylation sites is 1. The minimum absolute atomic E-state index is 1.19. The molecule has 0 amide bonds. The summed E-state index contributed by atoms with van der Waals surface area (Å²) in [6.45, 7) is 0. The Bertz CT molecular complexity index is 551. The first kappa shape index (κ1) is 10.6. The molecule has 82 valence electrons. The fourth-order valence-electron chi connectivity index (χ4n) is 2.09. The van der Waals surface area contributed by atoms with Crippen LogP contribution in [0.15, 0.2) is 48.5 Å². The Kier molecular flexibility index (Phi) is 2.46. The fraction of sp³-hybridized carbons (Fsp3) is 0.0769. The first-order chi connectivity index (χ1) is 7.68. The molecule has 1 nitrogen and oxygen atoms in total. The molecular formula is C13H12ClNPo. The van der Waals surface area contributed by atoms with E-state index in [1.807, 2.05) is 0 Å². The molecule has 1 aliphatic rings.